The molecule has 0 saturated carbocycles. The molecule has 0 aliphatic rings. The Kier molecular flexibility index (Phi) is 22.4. The monoisotopic (exact) mass is 1030 g/mol. The summed E-state index contributed by atoms with van der Waals surface area (Å²) in [6, 6.07) is 55.2. The number of aryl methyl sites for hydroxylation is 2. The van der Waals surface area contributed by atoms with Crippen molar-refractivity contribution in [3.8, 4) is 44.5 Å². The topological polar surface area (TPSA) is 0 Å². The average molecular weight is 1040 g/mol. The van der Waals surface area contributed by atoms with E-state index in [1.165, 1.54) is 125 Å². The Bertz CT molecular complexity index is 2510. The van der Waals surface area contributed by atoms with Crippen molar-refractivity contribution in [1.29, 1.82) is 0 Å². The molecule has 8 rings (SSSR count). The molecule has 0 bridgehead atoms. The predicted molar refractivity (Wildman–Crippen MR) is 304 cm³/mol. The van der Waals surface area contributed by atoms with Crippen LogP contribution in [-0.4, -0.2) is 9.52 Å². The number of halogens is 2. The van der Waals surface area contributed by atoms with Crippen LogP contribution < -0.4 is 0 Å². The molecule has 4 heteroatoms. The van der Waals surface area contributed by atoms with Gasteiger partial charge in [-0.3, -0.25) is 0 Å². The molecule has 2 radical (unpaired) electrons. The zero-order chi connectivity index (χ0) is 49.3. The van der Waals surface area contributed by atoms with Crippen LogP contribution in [-0.2, 0) is 33.7 Å². The second-order valence-electron chi connectivity index (χ2n) is 19.6. The summed E-state index contributed by atoms with van der Waals surface area (Å²) in [6.45, 7) is 27.2. The summed E-state index contributed by atoms with van der Waals surface area (Å²) in [6.07, 6.45) is 7.29. The molecule has 0 heterocycles. The third-order valence-electron chi connectivity index (χ3n) is 12.9. The first-order chi connectivity index (χ1) is 32.8. The fourth-order valence-electron chi connectivity index (χ4n) is 9.05. The van der Waals surface area contributed by atoms with E-state index in [1.807, 2.05) is 0 Å². The molecule has 0 nitrogen and oxygen atoms in total. The van der Waals surface area contributed by atoms with Crippen molar-refractivity contribution in [3.63, 3.8) is 0 Å². The molecule has 0 aliphatic heterocycles. The van der Waals surface area contributed by atoms with Crippen LogP contribution in [0.25, 0.3) is 66.1 Å². The zero-order valence-corrected chi connectivity index (χ0v) is 48.1. The van der Waals surface area contributed by atoms with Crippen LogP contribution in [0.1, 0.15) is 152 Å². The Morgan fingerprint density at radius 2 is 0.750 bits per heavy atom. The summed E-state index contributed by atoms with van der Waals surface area (Å²) in [5.74, 6) is 2.04. The fourth-order valence-corrected chi connectivity index (χ4v) is 9.05. The minimum absolute atomic E-state index is 0.511. The van der Waals surface area contributed by atoms with E-state index in [0.717, 1.165) is 22.4 Å². The number of hydrogen-bond donors (Lipinski definition) is 0. The number of benzene rings is 6. The van der Waals surface area contributed by atoms with Crippen LogP contribution in [0.2, 0.25) is 13.1 Å². The van der Waals surface area contributed by atoms with E-state index < -0.39 is 20.8 Å². The van der Waals surface area contributed by atoms with E-state index in [9.17, 15) is 0 Å². The van der Waals surface area contributed by atoms with Gasteiger partial charge in [-0.15, -0.1) is 56.9 Å². The van der Waals surface area contributed by atoms with Crippen LogP contribution >= 0.6 is 17.0 Å². The van der Waals surface area contributed by atoms with Gasteiger partial charge in [0, 0.05) is 9.52 Å². The predicted octanol–water partition coefficient (Wildman–Crippen LogP) is 21.1. The second kappa shape index (κ2) is 27.6. The van der Waals surface area contributed by atoms with Gasteiger partial charge >= 0.3 is 37.9 Å². The molecule has 0 fully saturated rings. The van der Waals surface area contributed by atoms with Crippen molar-refractivity contribution in [3.05, 3.63) is 179 Å². The van der Waals surface area contributed by atoms with Crippen molar-refractivity contribution in [2.45, 2.75) is 145 Å². The Balaban J connectivity index is 0.000000228. The third-order valence-corrected chi connectivity index (χ3v) is 12.9. The molecule has 68 heavy (non-hydrogen) atoms. The molecule has 0 aromatic heterocycles. The van der Waals surface area contributed by atoms with Crippen LogP contribution in [0.4, 0.5) is 0 Å². The Labute approximate surface area is 433 Å². The zero-order valence-electron chi connectivity index (χ0n) is 43.2. The molecule has 0 saturated heterocycles. The number of unbranched alkanes of at least 4 members (excludes halogenated alkanes) is 2. The third kappa shape index (κ3) is 14.6. The quantitative estimate of drug-likeness (QED) is 0.0752. The van der Waals surface area contributed by atoms with E-state index in [4.69, 9.17) is 17.0 Å². The summed E-state index contributed by atoms with van der Waals surface area (Å²) in [7, 11) is 11.0. The fraction of sp³-hybridized carbons (Fsp3) is 0.344. The Hall–Kier alpha value is -3.78. The van der Waals surface area contributed by atoms with Crippen LogP contribution in [0.5, 0.6) is 0 Å². The normalized spacial score (nSPS) is 11.1. The van der Waals surface area contributed by atoms with E-state index in [0.29, 0.717) is 23.7 Å². The molecule has 8 aromatic rings. The van der Waals surface area contributed by atoms with Crippen molar-refractivity contribution in [2.75, 3.05) is 0 Å². The van der Waals surface area contributed by atoms with E-state index in [1.54, 1.807) is 0 Å². The summed E-state index contributed by atoms with van der Waals surface area (Å²) >= 11 is -0.826. The van der Waals surface area contributed by atoms with Gasteiger partial charge in [0.25, 0.3) is 0 Å². The van der Waals surface area contributed by atoms with Gasteiger partial charge in [-0.05, 0) is 92.1 Å². The Morgan fingerprint density at radius 1 is 0.441 bits per heavy atom. The van der Waals surface area contributed by atoms with E-state index in [2.05, 4.69) is 228 Å². The van der Waals surface area contributed by atoms with Gasteiger partial charge < -0.3 is 0 Å². The second-order valence-corrected chi connectivity index (χ2v) is 24.3. The van der Waals surface area contributed by atoms with Gasteiger partial charge in [0.05, 0.1) is 0 Å². The maximum absolute atomic E-state index is 4.93. The Morgan fingerprint density at radius 3 is 1.03 bits per heavy atom. The summed E-state index contributed by atoms with van der Waals surface area (Å²) in [5.41, 5.74) is 19.3. The van der Waals surface area contributed by atoms with Gasteiger partial charge in [-0.1, -0.05) is 228 Å². The molecule has 8 aromatic carbocycles. The molecular formula is C64H76Cl2SiZr. The average Bonchev–Trinajstić information content (AvgIpc) is 3.97. The summed E-state index contributed by atoms with van der Waals surface area (Å²) < 4.78 is 0. The molecule has 0 spiro atoms. The summed E-state index contributed by atoms with van der Waals surface area (Å²) in [5, 5.41) is 5.51. The standard InChI is InChI=1S/2C31H35.C2H6Si.2ClH.Zr/c2*1-6-7-11-23-16-25-14-15-29(24-12-9-8-10-13-24)31(30(25)17-23)28-19-26(21(2)3)18-27(20-28)22(4)5;1-3-2;;;/h2*8-10,12-22H,6-7,11H2,1-5H3;1-2H3;2*1H;/q2*-1;;;;+4/p-2. The van der Waals surface area contributed by atoms with Gasteiger partial charge in [-0.2, -0.15) is 12.1 Å². The minimum atomic E-state index is -0.826. The van der Waals surface area contributed by atoms with E-state index >= 15 is 0 Å². The van der Waals surface area contributed by atoms with Crippen molar-refractivity contribution in [2.24, 2.45) is 0 Å². The number of hydrogen-bond acceptors (Lipinski definition) is 0. The molecule has 0 amide bonds. The van der Waals surface area contributed by atoms with E-state index in [-0.39, 0.29) is 0 Å². The van der Waals surface area contributed by atoms with Gasteiger partial charge in [0.15, 0.2) is 0 Å². The van der Waals surface area contributed by atoms with Crippen molar-refractivity contribution >= 4 is 48.1 Å². The van der Waals surface area contributed by atoms with Crippen LogP contribution in [0.3, 0.4) is 0 Å². The first kappa shape index (κ1) is 55.2. The molecule has 0 unspecified atom stereocenters. The maximum atomic E-state index is 4.93. The number of fused-ring (bicyclic) bond motifs is 2. The molecule has 354 valence electrons. The molecular weight excluding hydrogens is 959 g/mol. The first-order valence-electron chi connectivity index (χ1n) is 25.2. The summed E-state index contributed by atoms with van der Waals surface area (Å²) in [4.78, 5) is 0. The SMILES string of the molecule is CCCCc1cc2c(-c3cc(C(C)C)cc(C(C)C)c3)c(-c3ccccc3)ccc2[cH-]1.CCCCc1cc2c(-c3cc(C(C)C)cc(C(C)C)c3)c(-c3ccccc3)ccc2[cH-]1.C[Si]C.[Cl][Zr+2][Cl]. The van der Waals surface area contributed by atoms with Crippen molar-refractivity contribution < 1.29 is 20.8 Å². The van der Waals surface area contributed by atoms with Gasteiger partial charge in [0.1, 0.15) is 0 Å². The first-order valence-corrected chi connectivity index (χ1v) is 33.5. The van der Waals surface area contributed by atoms with Crippen molar-refractivity contribution in [1.82, 2.24) is 0 Å². The molecule has 0 aliphatic carbocycles. The van der Waals surface area contributed by atoms with Gasteiger partial charge in [-0.25, -0.2) is 0 Å². The molecule has 0 N–H and O–H groups in total. The van der Waals surface area contributed by atoms with Gasteiger partial charge in [0.2, 0.25) is 0 Å². The van der Waals surface area contributed by atoms with Crippen LogP contribution in [0.15, 0.2) is 146 Å². The number of rotatable bonds is 14. The molecule has 0 atom stereocenters. The van der Waals surface area contributed by atoms with Crippen LogP contribution in [0, 0.1) is 0 Å².